The fraction of sp³-hybridized carbons (Fsp3) is 0.471. The maximum atomic E-state index is 12.8. The number of likely N-dealkylation sites (tertiary alicyclic amines) is 1. The molecule has 25 heavy (non-hydrogen) atoms. The summed E-state index contributed by atoms with van der Waals surface area (Å²) in [4.78, 5) is 14.1. The van der Waals surface area contributed by atoms with Gasteiger partial charge < -0.3 is 19.5 Å². The summed E-state index contributed by atoms with van der Waals surface area (Å²) < 4.78 is 20.2. The first-order valence-electron chi connectivity index (χ1n) is 8.38. The highest BCUT2D eigenvalue weighted by Crippen LogP contribution is 2.24. The van der Waals surface area contributed by atoms with E-state index in [1.165, 1.54) is 12.1 Å². The van der Waals surface area contributed by atoms with Crippen molar-refractivity contribution in [3.63, 3.8) is 0 Å². The molecule has 1 saturated heterocycles. The summed E-state index contributed by atoms with van der Waals surface area (Å²) >= 11 is 0. The van der Waals surface area contributed by atoms with Gasteiger partial charge in [0.1, 0.15) is 30.3 Å². The maximum absolute atomic E-state index is 12.8. The Bertz CT molecular complexity index is 703. The lowest BCUT2D eigenvalue weighted by atomic mass is 9.97. The van der Waals surface area contributed by atoms with Gasteiger partial charge in [-0.15, -0.1) is 10.2 Å². The molecule has 1 aliphatic heterocycles. The van der Waals surface area contributed by atoms with E-state index in [2.05, 4.69) is 15.5 Å². The zero-order valence-electron chi connectivity index (χ0n) is 14.2. The molecule has 1 N–H and O–H groups in total. The van der Waals surface area contributed by atoms with Gasteiger partial charge in [-0.1, -0.05) is 0 Å². The molecule has 1 fully saturated rings. The van der Waals surface area contributed by atoms with E-state index < -0.39 is 0 Å². The van der Waals surface area contributed by atoms with Gasteiger partial charge in [-0.3, -0.25) is 0 Å². The van der Waals surface area contributed by atoms with Gasteiger partial charge in [-0.25, -0.2) is 9.18 Å². The van der Waals surface area contributed by atoms with Crippen LogP contribution >= 0.6 is 0 Å². The second kappa shape index (κ2) is 7.96. The Labute approximate surface area is 145 Å². The molecule has 0 spiro atoms. The standard InChI is InChI=1S/C17H22FN5O2/c1-22-12-20-21-16(22)13-3-2-9-23(11-13)17(24)19-8-10-25-15-6-4-14(18)5-7-15/h4-7,12-13H,2-3,8-11H2,1H3,(H,19,24)/t13-/m0/s1. The van der Waals surface area contributed by atoms with Crippen molar-refractivity contribution in [3.8, 4) is 5.75 Å². The minimum atomic E-state index is -0.303. The van der Waals surface area contributed by atoms with E-state index in [1.807, 2.05) is 11.6 Å². The fourth-order valence-electron chi connectivity index (χ4n) is 3.00. The number of aromatic nitrogens is 3. The maximum Gasteiger partial charge on any atom is 0.317 e. The molecule has 1 aliphatic rings. The van der Waals surface area contributed by atoms with Crippen molar-refractivity contribution in [1.29, 1.82) is 0 Å². The van der Waals surface area contributed by atoms with Crippen molar-refractivity contribution in [2.24, 2.45) is 7.05 Å². The lowest BCUT2D eigenvalue weighted by Gasteiger charge is -2.32. The Kier molecular flexibility index (Phi) is 5.47. The van der Waals surface area contributed by atoms with Crippen LogP contribution in [0.15, 0.2) is 30.6 Å². The smallest absolute Gasteiger partial charge is 0.317 e. The molecular formula is C17H22FN5O2. The Morgan fingerprint density at radius 1 is 1.40 bits per heavy atom. The number of nitrogens with zero attached hydrogens (tertiary/aromatic N) is 4. The van der Waals surface area contributed by atoms with Gasteiger partial charge in [-0.2, -0.15) is 0 Å². The van der Waals surface area contributed by atoms with Crippen LogP contribution in [0.2, 0.25) is 0 Å². The highest BCUT2D eigenvalue weighted by atomic mass is 19.1. The van der Waals surface area contributed by atoms with Crippen LogP contribution in [-0.2, 0) is 7.05 Å². The van der Waals surface area contributed by atoms with Crippen molar-refractivity contribution < 1.29 is 13.9 Å². The Balaban J connectivity index is 1.43. The first-order chi connectivity index (χ1) is 12.1. The van der Waals surface area contributed by atoms with Crippen LogP contribution in [0.3, 0.4) is 0 Å². The number of hydrogen-bond acceptors (Lipinski definition) is 4. The molecule has 0 saturated carbocycles. The second-order valence-electron chi connectivity index (χ2n) is 6.12. The van der Waals surface area contributed by atoms with E-state index in [0.29, 0.717) is 25.4 Å². The van der Waals surface area contributed by atoms with Crippen LogP contribution in [0.5, 0.6) is 5.75 Å². The van der Waals surface area contributed by atoms with E-state index in [1.54, 1.807) is 23.4 Å². The summed E-state index contributed by atoms with van der Waals surface area (Å²) in [6.45, 7) is 2.09. The molecule has 7 nitrogen and oxygen atoms in total. The zero-order chi connectivity index (χ0) is 17.6. The Morgan fingerprint density at radius 3 is 2.92 bits per heavy atom. The molecule has 0 bridgehead atoms. The van der Waals surface area contributed by atoms with E-state index in [4.69, 9.17) is 4.74 Å². The Hall–Kier alpha value is -2.64. The van der Waals surface area contributed by atoms with Gasteiger partial charge in [0.2, 0.25) is 0 Å². The van der Waals surface area contributed by atoms with Gasteiger partial charge in [0.15, 0.2) is 0 Å². The van der Waals surface area contributed by atoms with Gasteiger partial charge in [0.05, 0.1) is 6.54 Å². The minimum absolute atomic E-state index is 0.102. The number of aryl methyl sites for hydroxylation is 1. The number of nitrogens with one attached hydrogen (secondary N) is 1. The van der Waals surface area contributed by atoms with Crippen molar-refractivity contribution in [3.05, 3.63) is 42.2 Å². The summed E-state index contributed by atoms with van der Waals surface area (Å²) in [5.41, 5.74) is 0. The molecule has 2 aromatic rings. The van der Waals surface area contributed by atoms with E-state index in [0.717, 1.165) is 25.2 Å². The molecule has 2 amide bonds. The predicted molar refractivity (Wildman–Crippen MR) is 89.8 cm³/mol. The van der Waals surface area contributed by atoms with Crippen LogP contribution < -0.4 is 10.1 Å². The molecule has 2 heterocycles. The largest absolute Gasteiger partial charge is 0.492 e. The number of piperidine rings is 1. The fourth-order valence-corrected chi connectivity index (χ4v) is 3.00. The molecule has 1 atom stereocenters. The van der Waals surface area contributed by atoms with Gasteiger partial charge in [0, 0.05) is 26.1 Å². The van der Waals surface area contributed by atoms with E-state index in [-0.39, 0.29) is 17.8 Å². The summed E-state index contributed by atoms with van der Waals surface area (Å²) in [6.07, 6.45) is 3.63. The van der Waals surface area contributed by atoms with Crippen molar-refractivity contribution in [2.45, 2.75) is 18.8 Å². The number of halogens is 1. The number of amides is 2. The molecule has 1 aromatic carbocycles. The topological polar surface area (TPSA) is 72.3 Å². The average molecular weight is 347 g/mol. The number of carbonyl (C=O) groups excluding carboxylic acids is 1. The van der Waals surface area contributed by atoms with E-state index >= 15 is 0 Å². The molecule has 3 rings (SSSR count). The third-order valence-electron chi connectivity index (χ3n) is 4.28. The van der Waals surface area contributed by atoms with Crippen LogP contribution in [0.25, 0.3) is 0 Å². The second-order valence-corrected chi connectivity index (χ2v) is 6.12. The lowest BCUT2D eigenvalue weighted by molar-refractivity contribution is 0.175. The number of rotatable bonds is 5. The quantitative estimate of drug-likeness (QED) is 0.839. The van der Waals surface area contributed by atoms with Crippen molar-refractivity contribution >= 4 is 6.03 Å². The Morgan fingerprint density at radius 2 is 2.20 bits per heavy atom. The molecule has 0 aliphatic carbocycles. The number of ether oxygens (including phenoxy) is 1. The van der Waals surface area contributed by atoms with Crippen molar-refractivity contribution in [2.75, 3.05) is 26.2 Å². The minimum Gasteiger partial charge on any atom is -0.492 e. The first kappa shape index (κ1) is 17.2. The molecule has 134 valence electrons. The molecule has 8 heteroatoms. The highest BCUT2D eigenvalue weighted by Gasteiger charge is 2.27. The highest BCUT2D eigenvalue weighted by molar-refractivity contribution is 5.74. The molecule has 0 unspecified atom stereocenters. The lowest BCUT2D eigenvalue weighted by Crippen LogP contribution is -2.46. The van der Waals surface area contributed by atoms with Gasteiger partial charge >= 0.3 is 6.03 Å². The van der Waals surface area contributed by atoms with Crippen molar-refractivity contribution in [1.82, 2.24) is 25.0 Å². The zero-order valence-corrected chi connectivity index (χ0v) is 14.2. The number of benzene rings is 1. The van der Waals surface area contributed by atoms with Gasteiger partial charge in [-0.05, 0) is 37.1 Å². The van der Waals surface area contributed by atoms with Crippen LogP contribution in [0, 0.1) is 5.82 Å². The third-order valence-corrected chi connectivity index (χ3v) is 4.28. The van der Waals surface area contributed by atoms with Crippen LogP contribution in [0.1, 0.15) is 24.6 Å². The number of hydrogen-bond donors (Lipinski definition) is 1. The monoisotopic (exact) mass is 347 g/mol. The summed E-state index contributed by atoms with van der Waals surface area (Å²) in [5.74, 6) is 1.40. The first-order valence-corrected chi connectivity index (χ1v) is 8.38. The van der Waals surface area contributed by atoms with Gasteiger partial charge in [0.25, 0.3) is 0 Å². The SMILES string of the molecule is Cn1cnnc1[C@H]1CCCN(C(=O)NCCOc2ccc(F)cc2)C1. The average Bonchev–Trinajstić information content (AvgIpc) is 3.06. The summed E-state index contributed by atoms with van der Waals surface area (Å²) in [6, 6.07) is 5.71. The molecular weight excluding hydrogens is 325 g/mol. The number of urea groups is 1. The summed E-state index contributed by atoms with van der Waals surface area (Å²) in [7, 11) is 1.92. The third kappa shape index (κ3) is 4.46. The van der Waals surface area contributed by atoms with Crippen LogP contribution in [-0.4, -0.2) is 51.9 Å². The number of carbonyl (C=O) groups is 1. The molecule has 1 aromatic heterocycles. The molecule has 0 radical (unpaired) electrons. The predicted octanol–water partition coefficient (Wildman–Crippen LogP) is 1.92. The van der Waals surface area contributed by atoms with E-state index in [9.17, 15) is 9.18 Å². The normalized spacial score (nSPS) is 17.4. The summed E-state index contributed by atoms with van der Waals surface area (Å²) in [5, 5.41) is 10.9. The van der Waals surface area contributed by atoms with Crippen LogP contribution in [0.4, 0.5) is 9.18 Å².